The van der Waals surface area contributed by atoms with Crippen LogP contribution in [0.15, 0.2) is 11.6 Å². The Morgan fingerprint density at radius 3 is 2.56 bits per heavy atom. The van der Waals surface area contributed by atoms with Crippen molar-refractivity contribution in [3.63, 3.8) is 0 Å². The first-order chi connectivity index (χ1) is 11.6. The van der Waals surface area contributed by atoms with Gasteiger partial charge in [-0.3, -0.25) is 9.59 Å². The lowest BCUT2D eigenvalue weighted by atomic mass is 9.46. The summed E-state index contributed by atoms with van der Waals surface area (Å²) in [4.78, 5) is 24.2. The lowest BCUT2D eigenvalue weighted by Crippen LogP contribution is -2.58. The van der Waals surface area contributed by atoms with Crippen molar-refractivity contribution >= 4 is 23.2 Å². The van der Waals surface area contributed by atoms with Crippen LogP contribution in [-0.4, -0.2) is 27.7 Å². The summed E-state index contributed by atoms with van der Waals surface area (Å²) in [6.45, 7) is 5.97. The summed E-state index contributed by atoms with van der Waals surface area (Å²) in [6.07, 6.45) is 7.59. The number of allylic oxidation sites excluding steroid dienone is 1. The maximum absolute atomic E-state index is 12.3. The fraction of sp³-hybridized carbons (Fsp3) is 0.810. The predicted molar refractivity (Wildman–Crippen MR) is 97.4 cm³/mol. The second-order valence-electron chi connectivity index (χ2n) is 9.47. The van der Waals surface area contributed by atoms with Crippen molar-refractivity contribution in [2.24, 2.45) is 28.6 Å². The number of rotatable bonds is 1. The minimum atomic E-state index is -1.18. The van der Waals surface area contributed by atoms with E-state index in [1.807, 2.05) is 6.08 Å². The van der Waals surface area contributed by atoms with Gasteiger partial charge in [0.25, 0.3) is 0 Å². The number of carbonyl (C=O) groups is 2. The molecule has 0 unspecified atom stereocenters. The highest BCUT2D eigenvalue weighted by Crippen LogP contribution is 2.68. The lowest BCUT2D eigenvalue weighted by Gasteiger charge is -2.59. The first-order valence-corrected chi connectivity index (χ1v) is 10.2. The second-order valence-corrected chi connectivity index (χ2v) is 10.0. The highest BCUT2D eigenvalue weighted by Gasteiger charge is 2.66. The Hall–Kier alpha value is -0.670. The Labute approximate surface area is 155 Å². The Kier molecular flexibility index (Phi) is 3.84. The zero-order valence-electron chi connectivity index (χ0n) is 15.5. The zero-order valence-corrected chi connectivity index (χ0v) is 16.2. The molecule has 0 amide bonds. The van der Waals surface area contributed by atoms with Crippen molar-refractivity contribution in [3.05, 3.63) is 11.6 Å². The van der Waals surface area contributed by atoms with Gasteiger partial charge in [-0.05, 0) is 80.3 Å². The quantitative estimate of drug-likeness (QED) is 0.714. The van der Waals surface area contributed by atoms with Crippen LogP contribution in [-0.2, 0) is 9.59 Å². The number of ketones is 2. The van der Waals surface area contributed by atoms with E-state index >= 15 is 0 Å². The van der Waals surface area contributed by atoms with Gasteiger partial charge in [-0.2, -0.15) is 0 Å². The molecule has 4 aliphatic rings. The molecule has 4 aliphatic carbocycles. The van der Waals surface area contributed by atoms with Crippen molar-refractivity contribution in [2.75, 3.05) is 0 Å². The van der Waals surface area contributed by atoms with Crippen LogP contribution in [0.3, 0.4) is 0 Å². The van der Waals surface area contributed by atoms with Gasteiger partial charge in [0.05, 0.1) is 5.38 Å². The van der Waals surface area contributed by atoms with Crippen LogP contribution in [0, 0.1) is 28.6 Å². The van der Waals surface area contributed by atoms with E-state index in [4.69, 9.17) is 11.6 Å². The van der Waals surface area contributed by atoms with Crippen LogP contribution >= 0.6 is 11.6 Å². The molecule has 0 aromatic carbocycles. The van der Waals surface area contributed by atoms with Crippen molar-refractivity contribution < 1.29 is 14.7 Å². The molecule has 4 heteroatoms. The second kappa shape index (κ2) is 5.42. The third-order valence-corrected chi connectivity index (χ3v) is 9.09. The minimum absolute atomic E-state index is 0.00149. The van der Waals surface area contributed by atoms with Gasteiger partial charge in [0.15, 0.2) is 11.6 Å². The number of hydrogen-bond donors (Lipinski definition) is 1. The number of halogens is 1. The molecule has 0 heterocycles. The molecule has 4 rings (SSSR count). The van der Waals surface area contributed by atoms with E-state index in [0.717, 1.165) is 37.7 Å². The summed E-state index contributed by atoms with van der Waals surface area (Å²) in [6, 6.07) is 0. The molecule has 3 nitrogen and oxygen atoms in total. The molecule has 0 aromatic heterocycles. The molecule has 1 N–H and O–H groups in total. The molecule has 0 saturated heterocycles. The van der Waals surface area contributed by atoms with Crippen LogP contribution < -0.4 is 0 Å². The SMILES string of the molecule is CC(=O)[C@@]1(O)CC[C@H]2[C@@H]3C[C@@H](Cl)C4=CC(=O)CC[C@]4(C)[C@H]3CC[C@@]21C. The summed E-state index contributed by atoms with van der Waals surface area (Å²) in [5.41, 5.74) is -0.362. The Bertz CT molecular complexity index is 670. The number of hydrogen-bond acceptors (Lipinski definition) is 3. The summed E-state index contributed by atoms with van der Waals surface area (Å²) >= 11 is 6.78. The molecule has 25 heavy (non-hydrogen) atoms. The number of carbonyl (C=O) groups excluding carboxylic acids is 2. The van der Waals surface area contributed by atoms with E-state index in [2.05, 4.69) is 13.8 Å². The fourth-order valence-electron chi connectivity index (χ4n) is 7.15. The van der Waals surface area contributed by atoms with Crippen LogP contribution in [0.4, 0.5) is 0 Å². The van der Waals surface area contributed by atoms with Crippen molar-refractivity contribution in [1.82, 2.24) is 0 Å². The van der Waals surface area contributed by atoms with E-state index < -0.39 is 5.60 Å². The highest BCUT2D eigenvalue weighted by atomic mass is 35.5. The van der Waals surface area contributed by atoms with E-state index in [0.29, 0.717) is 30.6 Å². The molecule has 0 spiro atoms. The van der Waals surface area contributed by atoms with Gasteiger partial charge in [-0.15, -0.1) is 11.6 Å². The molecule has 3 saturated carbocycles. The summed E-state index contributed by atoms with van der Waals surface area (Å²) in [5.74, 6) is 1.42. The summed E-state index contributed by atoms with van der Waals surface area (Å²) in [5, 5.41) is 11.1. The van der Waals surface area contributed by atoms with Crippen LogP contribution in [0.5, 0.6) is 0 Å². The average molecular weight is 365 g/mol. The number of Topliss-reactive ketones (excluding diaryl/α,β-unsaturated/α-hetero) is 1. The van der Waals surface area contributed by atoms with Crippen LogP contribution in [0.2, 0.25) is 0 Å². The van der Waals surface area contributed by atoms with Gasteiger partial charge in [0, 0.05) is 11.8 Å². The largest absolute Gasteiger partial charge is 0.382 e. The van der Waals surface area contributed by atoms with Gasteiger partial charge in [0.2, 0.25) is 0 Å². The Balaban J connectivity index is 1.73. The first-order valence-electron chi connectivity index (χ1n) is 9.76. The maximum atomic E-state index is 12.3. The third kappa shape index (κ3) is 2.15. The third-order valence-electron chi connectivity index (χ3n) is 8.67. The fourth-order valence-corrected chi connectivity index (χ4v) is 7.67. The summed E-state index contributed by atoms with van der Waals surface area (Å²) < 4.78 is 0. The molecule has 3 fully saturated rings. The topological polar surface area (TPSA) is 54.4 Å². The smallest absolute Gasteiger partial charge is 0.161 e. The number of fused-ring (bicyclic) bond motifs is 5. The lowest BCUT2D eigenvalue weighted by molar-refractivity contribution is -0.160. The molecular weight excluding hydrogens is 336 g/mol. The van der Waals surface area contributed by atoms with Gasteiger partial charge in [-0.1, -0.05) is 13.8 Å². The predicted octanol–water partition coefficient (Wildman–Crippen LogP) is 4.06. The monoisotopic (exact) mass is 364 g/mol. The van der Waals surface area contributed by atoms with E-state index in [-0.39, 0.29) is 27.8 Å². The molecule has 138 valence electrons. The Morgan fingerprint density at radius 1 is 1.20 bits per heavy atom. The van der Waals surface area contributed by atoms with Crippen LogP contribution in [0.25, 0.3) is 0 Å². The van der Waals surface area contributed by atoms with Crippen molar-refractivity contribution in [1.29, 1.82) is 0 Å². The first kappa shape index (κ1) is 17.7. The van der Waals surface area contributed by atoms with Crippen molar-refractivity contribution in [3.8, 4) is 0 Å². The van der Waals surface area contributed by atoms with Crippen molar-refractivity contribution in [2.45, 2.75) is 76.7 Å². The molecule has 0 bridgehead atoms. The zero-order chi connectivity index (χ0) is 18.2. The normalized spacial score (nSPS) is 52.0. The van der Waals surface area contributed by atoms with Crippen LogP contribution in [0.1, 0.15) is 65.7 Å². The molecule has 0 aromatic rings. The Morgan fingerprint density at radius 2 is 1.88 bits per heavy atom. The van der Waals surface area contributed by atoms with E-state index in [1.165, 1.54) is 0 Å². The molecule has 0 aliphatic heterocycles. The van der Waals surface area contributed by atoms with E-state index in [1.54, 1.807) is 6.92 Å². The standard InChI is InChI=1S/C21H29ClO3/c1-12(23)21(25)9-6-16-14-11-18(22)17-10-13(24)4-7-19(17,2)15(14)5-8-20(16,21)3/h10,14-16,18,25H,4-9,11H2,1-3H3/t14-,15+,16+,18-,19-,20+,21+/m1/s1. The van der Waals surface area contributed by atoms with E-state index in [9.17, 15) is 14.7 Å². The minimum Gasteiger partial charge on any atom is -0.382 e. The average Bonchev–Trinajstić information content (AvgIpc) is 2.83. The molecular formula is C21H29ClO3. The molecule has 7 atom stereocenters. The maximum Gasteiger partial charge on any atom is 0.161 e. The van der Waals surface area contributed by atoms with Gasteiger partial charge >= 0.3 is 0 Å². The number of alkyl halides is 1. The van der Waals surface area contributed by atoms with Gasteiger partial charge in [-0.25, -0.2) is 0 Å². The number of aliphatic hydroxyl groups is 1. The molecule has 0 radical (unpaired) electrons. The van der Waals surface area contributed by atoms with Gasteiger partial charge in [0.1, 0.15) is 5.60 Å². The summed E-state index contributed by atoms with van der Waals surface area (Å²) in [7, 11) is 0. The highest BCUT2D eigenvalue weighted by molar-refractivity contribution is 6.23. The van der Waals surface area contributed by atoms with Gasteiger partial charge < -0.3 is 5.11 Å².